The summed E-state index contributed by atoms with van der Waals surface area (Å²) in [6.07, 6.45) is 4.43. The van der Waals surface area contributed by atoms with E-state index < -0.39 is 17.0 Å². The molecule has 4 N–H and O–H groups in total. The van der Waals surface area contributed by atoms with Crippen molar-refractivity contribution in [2.24, 2.45) is 15.9 Å². The third-order valence-electron chi connectivity index (χ3n) is 8.57. The van der Waals surface area contributed by atoms with E-state index in [-0.39, 0.29) is 18.4 Å². The van der Waals surface area contributed by atoms with E-state index in [4.69, 9.17) is 5.73 Å². The molecule has 40 heavy (non-hydrogen) atoms. The topological polar surface area (TPSA) is 122 Å². The number of carbonyl (C=O) groups is 1. The Morgan fingerprint density at radius 1 is 0.925 bits per heavy atom. The van der Waals surface area contributed by atoms with Crippen LogP contribution in [0.15, 0.2) is 107 Å². The summed E-state index contributed by atoms with van der Waals surface area (Å²) in [6.45, 7) is 0.536. The number of guanidine groups is 1. The number of nitrogens with one attached hydrogen (secondary N) is 2. The minimum absolute atomic E-state index is 0.0445. The summed E-state index contributed by atoms with van der Waals surface area (Å²) in [5.41, 5.74) is 11.2. The zero-order valence-electron chi connectivity index (χ0n) is 21.7. The molecule has 0 radical (unpaired) electrons. The zero-order valence-corrected chi connectivity index (χ0v) is 21.7. The normalized spacial score (nSPS) is 25.8. The van der Waals surface area contributed by atoms with Crippen molar-refractivity contribution in [2.45, 2.75) is 35.9 Å². The maximum absolute atomic E-state index is 13.9. The van der Waals surface area contributed by atoms with Gasteiger partial charge in [0, 0.05) is 24.7 Å². The molecule has 8 heteroatoms. The minimum atomic E-state index is -1.37. The van der Waals surface area contributed by atoms with Crippen LogP contribution in [0.4, 0.5) is 0 Å². The number of pyridine rings is 1. The van der Waals surface area contributed by atoms with E-state index in [0.29, 0.717) is 12.5 Å². The van der Waals surface area contributed by atoms with Gasteiger partial charge in [-0.3, -0.25) is 20.1 Å². The molecular weight excluding hydrogens is 500 g/mol. The van der Waals surface area contributed by atoms with Gasteiger partial charge in [0.25, 0.3) is 0 Å². The second-order valence-electron chi connectivity index (χ2n) is 10.9. The quantitative estimate of drug-likeness (QED) is 0.338. The number of fused-ring (bicyclic) bond motifs is 1. The van der Waals surface area contributed by atoms with Gasteiger partial charge >= 0.3 is 0 Å². The molecule has 0 saturated heterocycles. The standard InChI is InChI=1S/C32H28N6O2/c33-31(19-32(38-40)26-7-3-1-5-24(26)28(31)25-6-2-4-8-27(25)32)29(39)37-30-35-18-23(36-30)17-20-9-11-21(12-10-20)22-13-15-34-16-14-22/h1-16,23,28H,17-19,33H2,(H2,35,36,37,39). The number of hydrogen-bond donors (Lipinski definition) is 3. The summed E-state index contributed by atoms with van der Waals surface area (Å²) in [5, 5.41) is 9.95. The molecular formula is C32H28N6O2. The molecule has 198 valence electrons. The first kappa shape index (κ1) is 24.4. The third-order valence-corrected chi connectivity index (χ3v) is 8.57. The number of aliphatic imine (C=N–C) groups is 1. The van der Waals surface area contributed by atoms with Crippen LogP contribution in [0, 0.1) is 4.91 Å². The average Bonchev–Trinajstić information content (AvgIpc) is 3.44. The second-order valence-corrected chi connectivity index (χ2v) is 10.9. The number of nitroso groups, excluding NO2 is 1. The Bertz CT molecular complexity index is 1600. The van der Waals surface area contributed by atoms with Crippen molar-refractivity contribution in [1.82, 2.24) is 15.6 Å². The van der Waals surface area contributed by atoms with Crippen molar-refractivity contribution in [3.05, 3.63) is 130 Å². The molecule has 1 aliphatic heterocycles. The molecule has 1 aromatic heterocycles. The first-order valence-corrected chi connectivity index (χ1v) is 13.5. The number of carbonyl (C=O) groups excluding carboxylic acids is 1. The molecule has 1 amide bonds. The smallest absolute Gasteiger partial charge is 0.247 e. The fraction of sp³-hybridized carbons (Fsp3) is 0.219. The summed E-state index contributed by atoms with van der Waals surface area (Å²) in [4.78, 5) is 35.1. The molecule has 0 saturated carbocycles. The zero-order chi connectivity index (χ0) is 27.3. The highest BCUT2D eigenvalue weighted by Gasteiger charge is 2.62. The Balaban J connectivity index is 1.09. The van der Waals surface area contributed by atoms with Crippen LogP contribution in [0.5, 0.6) is 0 Å². The Hall–Kier alpha value is -4.69. The molecule has 0 spiro atoms. The number of hydrogen-bond acceptors (Lipinski definition) is 7. The summed E-state index contributed by atoms with van der Waals surface area (Å²) in [6, 6.07) is 27.8. The number of aromatic nitrogens is 1. The lowest BCUT2D eigenvalue weighted by molar-refractivity contribution is -0.126. The summed E-state index contributed by atoms with van der Waals surface area (Å²) < 4.78 is 0. The summed E-state index contributed by atoms with van der Waals surface area (Å²) >= 11 is 0. The van der Waals surface area contributed by atoms with Crippen LogP contribution in [0.1, 0.15) is 40.2 Å². The van der Waals surface area contributed by atoms with Gasteiger partial charge in [0.2, 0.25) is 5.91 Å². The van der Waals surface area contributed by atoms with E-state index in [2.05, 4.69) is 50.1 Å². The van der Waals surface area contributed by atoms with E-state index in [0.717, 1.165) is 39.8 Å². The molecule has 4 aliphatic rings. The molecule has 2 bridgehead atoms. The highest BCUT2D eigenvalue weighted by atomic mass is 16.3. The molecule has 2 atom stereocenters. The molecule has 2 heterocycles. The fourth-order valence-electron chi connectivity index (χ4n) is 6.74. The van der Waals surface area contributed by atoms with E-state index in [1.54, 1.807) is 12.4 Å². The largest absolute Gasteiger partial charge is 0.351 e. The van der Waals surface area contributed by atoms with Gasteiger partial charge in [-0.25, -0.2) is 0 Å². The van der Waals surface area contributed by atoms with Crippen molar-refractivity contribution in [3.8, 4) is 11.1 Å². The van der Waals surface area contributed by atoms with E-state index in [1.807, 2.05) is 60.7 Å². The lowest BCUT2D eigenvalue weighted by Gasteiger charge is -2.53. The number of nitrogens with zero attached hydrogens (tertiary/aromatic N) is 3. The van der Waals surface area contributed by atoms with Crippen LogP contribution >= 0.6 is 0 Å². The lowest BCUT2D eigenvalue weighted by atomic mass is 9.52. The van der Waals surface area contributed by atoms with E-state index in [1.165, 1.54) is 5.56 Å². The molecule has 2 unspecified atom stereocenters. The van der Waals surface area contributed by atoms with Crippen LogP contribution in [0.2, 0.25) is 0 Å². The van der Waals surface area contributed by atoms with E-state index in [9.17, 15) is 9.70 Å². The Kier molecular flexibility index (Phi) is 5.61. The van der Waals surface area contributed by atoms with Crippen molar-refractivity contribution in [2.75, 3.05) is 6.54 Å². The fourth-order valence-corrected chi connectivity index (χ4v) is 6.74. The molecule has 8 nitrogen and oxygen atoms in total. The predicted molar refractivity (Wildman–Crippen MR) is 154 cm³/mol. The SMILES string of the molecule is NC1(C(=O)NC2=NCC(Cc3ccc(-c4ccncc4)cc3)N2)CC2(N=O)c3ccccc3C1c1ccccc12. The van der Waals surface area contributed by atoms with Crippen molar-refractivity contribution in [1.29, 1.82) is 0 Å². The Labute approximate surface area is 231 Å². The van der Waals surface area contributed by atoms with Gasteiger partial charge < -0.3 is 11.1 Å². The maximum Gasteiger partial charge on any atom is 0.247 e. The maximum atomic E-state index is 13.9. The molecule has 3 aromatic carbocycles. The molecule has 4 aromatic rings. The minimum Gasteiger partial charge on any atom is -0.351 e. The first-order valence-electron chi connectivity index (χ1n) is 13.5. The highest BCUT2D eigenvalue weighted by molar-refractivity contribution is 6.03. The molecule has 3 aliphatic carbocycles. The van der Waals surface area contributed by atoms with Crippen LogP contribution < -0.4 is 16.4 Å². The highest BCUT2D eigenvalue weighted by Crippen LogP contribution is 2.60. The van der Waals surface area contributed by atoms with Crippen LogP contribution in [0.3, 0.4) is 0 Å². The van der Waals surface area contributed by atoms with Gasteiger partial charge in [0.05, 0.1) is 12.6 Å². The Morgan fingerprint density at radius 3 is 2.20 bits per heavy atom. The van der Waals surface area contributed by atoms with Gasteiger partial charge in [0.1, 0.15) is 5.54 Å². The summed E-state index contributed by atoms with van der Waals surface area (Å²) in [5.74, 6) is -0.368. The van der Waals surface area contributed by atoms with Crippen molar-refractivity contribution < 1.29 is 4.79 Å². The van der Waals surface area contributed by atoms with Gasteiger partial charge in [-0.15, -0.1) is 4.91 Å². The van der Waals surface area contributed by atoms with Gasteiger partial charge in [-0.2, -0.15) is 0 Å². The van der Waals surface area contributed by atoms with Crippen molar-refractivity contribution in [3.63, 3.8) is 0 Å². The number of benzene rings is 3. The van der Waals surface area contributed by atoms with Gasteiger partial charge in [-0.05, 0) is 57.5 Å². The molecule has 8 rings (SSSR count). The predicted octanol–water partition coefficient (Wildman–Crippen LogP) is 3.99. The summed E-state index contributed by atoms with van der Waals surface area (Å²) in [7, 11) is 0. The average molecular weight is 529 g/mol. The van der Waals surface area contributed by atoms with Gasteiger partial charge in [-0.1, -0.05) is 78.0 Å². The van der Waals surface area contributed by atoms with E-state index >= 15 is 0 Å². The number of nitrogens with two attached hydrogens (primary N) is 1. The third kappa shape index (κ3) is 3.67. The van der Waals surface area contributed by atoms with Crippen LogP contribution in [0.25, 0.3) is 11.1 Å². The van der Waals surface area contributed by atoms with Crippen LogP contribution in [-0.4, -0.2) is 35.0 Å². The van der Waals surface area contributed by atoms with Gasteiger partial charge in [0.15, 0.2) is 11.5 Å². The first-order chi connectivity index (χ1) is 19.5. The molecule has 0 fully saturated rings. The number of amides is 1. The van der Waals surface area contributed by atoms with Crippen molar-refractivity contribution >= 4 is 11.9 Å². The Morgan fingerprint density at radius 2 is 1.55 bits per heavy atom. The van der Waals surface area contributed by atoms with Crippen LogP contribution in [-0.2, 0) is 16.8 Å². The number of rotatable bonds is 5. The monoisotopic (exact) mass is 528 g/mol. The lowest BCUT2D eigenvalue weighted by Crippen LogP contribution is -2.67. The second kappa shape index (κ2) is 9.20.